The first kappa shape index (κ1) is 21.8. The number of likely N-dealkylation sites (tertiary alicyclic amines) is 1. The second-order valence-corrected chi connectivity index (χ2v) is 11.2. The van der Waals surface area contributed by atoms with Gasteiger partial charge in [-0.25, -0.2) is 0 Å². The number of piperidine rings is 1. The summed E-state index contributed by atoms with van der Waals surface area (Å²) >= 11 is 0. The zero-order valence-electron chi connectivity index (χ0n) is 20.7. The number of hydrogen-bond donors (Lipinski definition) is 0. The van der Waals surface area contributed by atoms with Crippen LogP contribution in [0.5, 0.6) is 11.5 Å². The number of likely N-dealkylation sites (N-methyl/N-ethyl adjacent to an activating group) is 1. The maximum atomic E-state index is 14.3. The number of carbonyl (C=O) groups excluding carboxylic acids is 1. The fourth-order valence-corrected chi connectivity index (χ4v) is 8.79. The Kier molecular flexibility index (Phi) is 4.56. The smallest absolute Gasteiger partial charge is 0.165 e. The van der Waals surface area contributed by atoms with E-state index in [0.717, 1.165) is 42.9 Å². The minimum Gasteiger partial charge on any atom is -0.493 e. The average Bonchev–Trinajstić information content (AvgIpc) is 3.24. The van der Waals surface area contributed by atoms with Crippen LogP contribution in [0.4, 0.5) is 0 Å². The van der Waals surface area contributed by atoms with Crippen LogP contribution in [0.25, 0.3) is 0 Å². The van der Waals surface area contributed by atoms with Crippen molar-refractivity contribution in [3.05, 3.63) is 59.2 Å². The molecule has 2 aromatic carbocycles. The average molecular weight is 476 g/mol. The minimum absolute atomic E-state index is 0.0721. The maximum absolute atomic E-state index is 14.3. The third-order valence-electron chi connectivity index (χ3n) is 10.2. The van der Waals surface area contributed by atoms with E-state index in [1.54, 1.807) is 14.2 Å². The van der Waals surface area contributed by atoms with Crippen LogP contribution in [-0.2, 0) is 32.7 Å². The standard InChI is InChI=1S/C29H33NO5/c1-30-12-11-27-24-19-9-10-21(32-2)25(24)35-26(27)29(33-3)15-23(31)28(27,22(30)13-19)14-20(29)17-34-16-18-7-5-4-6-8-18/h4-10,20,22,26H,11-17H2,1-3H3/t20-,22-,26-,27+,28-,29-/m1/s1. The topological polar surface area (TPSA) is 57.2 Å². The maximum Gasteiger partial charge on any atom is 0.165 e. The van der Waals surface area contributed by atoms with E-state index in [1.807, 2.05) is 24.3 Å². The van der Waals surface area contributed by atoms with E-state index < -0.39 is 11.0 Å². The number of hydrogen-bond acceptors (Lipinski definition) is 6. The molecule has 6 atom stereocenters. The first-order valence-corrected chi connectivity index (χ1v) is 12.8. The normalized spacial score (nSPS) is 38.3. The molecule has 6 heteroatoms. The molecule has 1 saturated heterocycles. The molecule has 184 valence electrons. The number of carbonyl (C=O) groups is 1. The van der Waals surface area contributed by atoms with Gasteiger partial charge in [0.1, 0.15) is 17.5 Å². The Morgan fingerprint density at radius 2 is 1.94 bits per heavy atom. The summed E-state index contributed by atoms with van der Waals surface area (Å²) in [5, 5.41) is 0. The second kappa shape index (κ2) is 7.31. The zero-order chi connectivity index (χ0) is 24.0. The molecule has 6 nitrogen and oxygen atoms in total. The molecule has 2 aromatic rings. The quantitative estimate of drug-likeness (QED) is 0.637. The molecule has 0 N–H and O–H groups in total. The van der Waals surface area contributed by atoms with E-state index in [2.05, 4.69) is 30.1 Å². The SMILES string of the molecule is COc1ccc2c3c1O[C@H]1[C@@]4(OC)CC(=O)[C@@]5(C[C@@H]4COCc4ccccc4)[C@@H](C2)N(C)CC[C@]315. The summed E-state index contributed by atoms with van der Waals surface area (Å²) in [6, 6.07) is 14.6. The summed E-state index contributed by atoms with van der Waals surface area (Å²) in [5.74, 6) is 2.01. The molecule has 2 heterocycles. The summed E-state index contributed by atoms with van der Waals surface area (Å²) in [5.41, 5.74) is 2.10. The molecule has 2 spiro atoms. The van der Waals surface area contributed by atoms with Crippen LogP contribution in [0, 0.1) is 11.3 Å². The number of Topliss-reactive ketones (excluding diaryl/α,β-unsaturated/α-hetero) is 1. The number of benzene rings is 2. The molecular formula is C29H33NO5. The highest BCUT2D eigenvalue weighted by Gasteiger charge is 2.83. The van der Waals surface area contributed by atoms with Gasteiger partial charge >= 0.3 is 0 Å². The van der Waals surface area contributed by atoms with Crippen molar-refractivity contribution in [1.82, 2.24) is 4.90 Å². The first-order chi connectivity index (χ1) is 17.0. The van der Waals surface area contributed by atoms with Gasteiger partial charge in [0.25, 0.3) is 0 Å². The monoisotopic (exact) mass is 475 g/mol. The van der Waals surface area contributed by atoms with Crippen LogP contribution in [0.15, 0.2) is 42.5 Å². The van der Waals surface area contributed by atoms with Gasteiger partial charge in [0, 0.05) is 31.1 Å². The lowest BCUT2D eigenvalue weighted by atomic mass is 9.34. The van der Waals surface area contributed by atoms with Crippen LogP contribution in [0.3, 0.4) is 0 Å². The van der Waals surface area contributed by atoms with Gasteiger partial charge in [-0.15, -0.1) is 0 Å². The summed E-state index contributed by atoms with van der Waals surface area (Å²) in [6.45, 7) is 2.05. The minimum atomic E-state index is -0.714. The van der Waals surface area contributed by atoms with Crippen molar-refractivity contribution in [2.45, 2.75) is 55.5 Å². The highest BCUT2D eigenvalue weighted by Crippen LogP contribution is 2.75. The summed E-state index contributed by atoms with van der Waals surface area (Å²) in [6.07, 6.45) is 2.69. The van der Waals surface area contributed by atoms with E-state index in [-0.39, 0.29) is 23.5 Å². The molecule has 4 bridgehead atoms. The van der Waals surface area contributed by atoms with Crippen molar-refractivity contribution in [3.63, 3.8) is 0 Å². The molecule has 0 aromatic heterocycles. The molecule has 0 unspecified atom stereocenters. The van der Waals surface area contributed by atoms with Crippen LogP contribution in [0.1, 0.15) is 36.0 Å². The van der Waals surface area contributed by atoms with Gasteiger partial charge in [-0.1, -0.05) is 36.4 Å². The second-order valence-electron chi connectivity index (χ2n) is 11.2. The first-order valence-electron chi connectivity index (χ1n) is 12.8. The summed E-state index contributed by atoms with van der Waals surface area (Å²) in [7, 11) is 5.64. The van der Waals surface area contributed by atoms with Crippen LogP contribution >= 0.6 is 0 Å². The molecule has 0 radical (unpaired) electrons. The van der Waals surface area contributed by atoms with Gasteiger partial charge in [0.05, 0.1) is 31.2 Å². The van der Waals surface area contributed by atoms with E-state index in [1.165, 1.54) is 11.1 Å². The molecule has 2 aliphatic heterocycles. The van der Waals surface area contributed by atoms with E-state index in [4.69, 9.17) is 18.9 Å². The number of rotatable bonds is 6. The van der Waals surface area contributed by atoms with Gasteiger partial charge in [0.2, 0.25) is 0 Å². The largest absolute Gasteiger partial charge is 0.493 e. The fourth-order valence-electron chi connectivity index (χ4n) is 8.79. The molecule has 3 saturated carbocycles. The molecule has 35 heavy (non-hydrogen) atoms. The van der Waals surface area contributed by atoms with Crippen molar-refractivity contribution in [1.29, 1.82) is 0 Å². The molecule has 6 aliphatic rings. The molecule has 4 aliphatic carbocycles. The van der Waals surface area contributed by atoms with Gasteiger partial charge < -0.3 is 23.8 Å². The number of fused-ring (bicyclic) bond motifs is 2. The summed E-state index contributed by atoms with van der Waals surface area (Å²) < 4.78 is 25.4. The Hall–Kier alpha value is -2.41. The third-order valence-corrected chi connectivity index (χ3v) is 10.2. The Labute approximate surface area is 206 Å². The van der Waals surface area contributed by atoms with Gasteiger partial charge in [0.15, 0.2) is 11.5 Å². The lowest BCUT2D eigenvalue weighted by Crippen LogP contribution is -2.84. The van der Waals surface area contributed by atoms with Crippen LogP contribution in [0.2, 0.25) is 0 Å². The summed E-state index contributed by atoms with van der Waals surface area (Å²) in [4.78, 5) is 16.7. The molecule has 8 rings (SSSR count). The third kappa shape index (κ3) is 2.43. The van der Waals surface area contributed by atoms with E-state index >= 15 is 0 Å². The predicted octanol–water partition coefficient (Wildman–Crippen LogP) is 3.54. The zero-order valence-corrected chi connectivity index (χ0v) is 20.7. The number of ketones is 1. The van der Waals surface area contributed by atoms with Crippen LogP contribution < -0.4 is 9.47 Å². The number of methoxy groups -OCH3 is 2. The molecule has 0 amide bonds. The fraction of sp³-hybridized carbons (Fsp3) is 0.552. The Balaban J connectivity index is 1.36. The van der Waals surface area contributed by atoms with Crippen molar-refractivity contribution >= 4 is 5.78 Å². The highest BCUT2D eigenvalue weighted by molar-refractivity contribution is 5.94. The van der Waals surface area contributed by atoms with Gasteiger partial charge in [-0.2, -0.15) is 0 Å². The number of nitrogens with zero attached hydrogens (tertiary/aromatic N) is 1. The Morgan fingerprint density at radius 3 is 2.71 bits per heavy atom. The van der Waals surface area contributed by atoms with Gasteiger partial charge in [-0.3, -0.25) is 4.79 Å². The lowest BCUT2D eigenvalue weighted by molar-refractivity contribution is -0.264. The Bertz CT molecular complexity index is 1200. The number of ether oxygens (including phenoxy) is 4. The van der Waals surface area contributed by atoms with Crippen molar-refractivity contribution in [2.24, 2.45) is 11.3 Å². The highest BCUT2D eigenvalue weighted by atomic mass is 16.6. The van der Waals surface area contributed by atoms with Crippen molar-refractivity contribution < 1.29 is 23.7 Å². The van der Waals surface area contributed by atoms with E-state index in [9.17, 15) is 4.79 Å². The van der Waals surface area contributed by atoms with E-state index in [0.29, 0.717) is 25.4 Å². The van der Waals surface area contributed by atoms with Crippen molar-refractivity contribution in [2.75, 3.05) is 34.4 Å². The van der Waals surface area contributed by atoms with Crippen LogP contribution in [-0.4, -0.2) is 62.8 Å². The molecular weight excluding hydrogens is 442 g/mol. The molecule has 4 fully saturated rings. The lowest BCUT2D eigenvalue weighted by Gasteiger charge is -2.72. The predicted molar refractivity (Wildman–Crippen MR) is 130 cm³/mol. The van der Waals surface area contributed by atoms with Gasteiger partial charge in [-0.05, 0) is 50.0 Å². The Morgan fingerprint density at radius 1 is 1.11 bits per heavy atom. The van der Waals surface area contributed by atoms with Crippen molar-refractivity contribution in [3.8, 4) is 11.5 Å².